The maximum atomic E-state index is 12.3. The first-order chi connectivity index (χ1) is 15.2. The topological polar surface area (TPSA) is 152 Å². The third-order valence-electron chi connectivity index (χ3n) is 4.51. The number of ether oxygens (including phenoxy) is 2. The molecule has 0 spiro atoms. The van der Waals surface area contributed by atoms with Crippen LogP contribution in [0.25, 0.3) is 11.1 Å². The van der Waals surface area contributed by atoms with Gasteiger partial charge >= 0.3 is 11.9 Å². The highest BCUT2D eigenvalue weighted by atomic mass is 35.5. The molecule has 3 aromatic rings. The third kappa shape index (κ3) is 4.52. The number of rotatable bonds is 8. The van der Waals surface area contributed by atoms with Gasteiger partial charge in [-0.15, -0.1) is 0 Å². The van der Waals surface area contributed by atoms with E-state index in [0.717, 1.165) is 5.56 Å². The standard InChI is InChI=1S/C22H19ClN2O7/c1-2-31-14-8-12(13(23)9-15(14)32-10-11-6-4-3-5-7-11)16-17(21(27)28)19(24)25-20(26)18(16)22(29)30/h3-9H,2,10H2,1H3,(H,27,28)(H,29,30)(H3,24,25,26). The van der Waals surface area contributed by atoms with Crippen molar-refractivity contribution in [3.63, 3.8) is 0 Å². The number of hydrogen-bond acceptors (Lipinski definition) is 6. The van der Waals surface area contributed by atoms with Crippen LogP contribution in [0.5, 0.6) is 11.5 Å². The van der Waals surface area contributed by atoms with E-state index in [4.69, 9.17) is 26.8 Å². The number of H-pyrrole nitrogens is 1. The predicted molar refractivity (Wildman–Crippen MR) is 118 cm³/mol. The number of carboxylic acid groups (broad SMARTS) is 2. The number of pyridine rings is 1. The van der Waals surface area contributed by atoms with Crippen LogP contribution < -0.4 is 20.8 Å². The van der Waals surface area contributed by atoms with Gasteiger partial charge in [0.15, 0.2) is 11.5 Å². The summed E-state index contributed by atoms with van der Waals surface area (Å²) in [6.45, 7) is 2.17. The van der Waals surface area contributed by atoms with E-state index < -0.39 is 40.0 Å². The van der Waals surface area contributed by atoms with Crippen molar-refractivity contribution in [2.45, 2.75) is 13.5 Å². The molecule has 0 amide bonds. The first-order valence-electron chi connectivity index (χ1n) is 9.40. The van der Waals surface area contributed by atoms with Gasteiger partial charge in [0, 0.05) is 17.2 Å². The van der Waals surface area contributed by atoms with Crippen molar-refractivity contribution in [2.75, 3.05) is 12.3 Å². The van der Waals surface area contributed by atoms with Gasteiger partial charge < -0.3 is 30.4 Å². The second kappa shape index (κ2) is 9.44. The molecule has 3 rings (SSSR count). The van der Waals surface area contributed by atoms with Crippen LogP contribution in [0.1, 0.15) is 33.2 Å². The average molecular weight is 459 g/mol. The number of nitrogens with one attached hydrogen (secondary N) is 1. The monoisotopic (exact) mass is 458 g/mol. The first kappa shape index (κ1) is 22.7. The highest BCUT2D eigenvalue weighted by molar-refractivity contribution is 6.34. The number of aromatic nitrogens is 1. The molecule has 0 unspecified atom stereocenters. The fraction of sp³-hybridized carbons (Fsp3) is 0.136. The van der Waals surface area contributed by atoms with E-state index in [9.17, 15) is 24.6 Å². The molecule has 1 aromatic heterocycles. The molecule has 5 N–H and O–H groups in total. The molecular formula is C22H19ClN2O7. The van der Waals surface area contributed by atoms with Crippen molar-refractivity contribution < 1.29 is 29.3 Å². The second-order valence-corrected chi connectivity index (χ2v) is 7.00. The molecule has 0 aliphatic heterocycles. The maximum absolute atomic E-state index is 12.3. The van der Waals surface area contributed by atoms with Gasteiger partial charge in [-0.05, 0) is 18.6 Å². The lowest BCUT2D eigenvalue weighted by atomic mass is 9.95. The fourth-order valence-electron chi connectivity index (χ4n) is 3.16. The number of benzene rings is 2. The summed E-state index contributed by atoms with van der Waals surface area (Å²) in [4.78, 5) is 38.0. The van der Waals surface area contributed by atoms with Crippen LogP contribution in [0, 0.1) is 0 Å². The van der Waals surface area contributed by atoms with E-state index in [1.165, 1.54) is 12.1 Å². The Morgan fingerprint density at radius 2 is 1.66 bits per heavy atom. The van der Waals surface area contributed by atoms with Gasteiger partial charge in [0.25, 0.3) is 5.56 Å². The summed E-state index contributed by atoms with van der Waals surface area (Å²) >= 11 is 6.40. The molecule has 32 heavy (non-hydrogen) atoms. The highest BCUT2D eigenvalue weighted by Gasteiger charge is 2.29. The average Bonchev–Trinajstić information content (AvgIpc) is 2.73. The van der Waals surface area contributed by atoms with Crippen LogP contribution >= 0.6 is 11.6 Å². The Balaban J connectivity index is 2.21. The third-order valence-corrected chi connectivity index (χ3v) is 4.82. The Morgan fingerprint density at radius 3 is 2.25 bits per heavy atom. The Hall–Kier alpha value is -3.98. The molecule has 10 heteroatoms. The molecule has 1 heterocycles. The minimum atomic E-state index is -1.64. The van der Waals surface area contributed by atoms with Gasteiger partial charge in [0.1, 0.15) is 23.6 Å². The van der Waals surface area contributed by atoms with Crippen LogP contribution in [-0.2, 0) is 6.61 Å². The predicted octanol–water partition coefficient (Wildman–Crippen LogP) is 3.65. The lowest BCUT2D eigenvalue weighted by Crippen LogP contribution is -2.24. The molecule has 0 saturated carbocycles. The Kier molecular flexibility index (Phi) is 6.70. The number of nitrogen functional groups attached to an aromatic ring is 1. The van der Waals surface area contributed by atoms with Gasteiger partial charge in [0.2, 0.25) is 0 Å². The van der Waals surface area contributed by atoms with E-state index in [0.29, 0.717) is 0 Å². The molecule has 0 fully saturated rings. The fourth-order valence-corrected chi connectivity index (χ4v) is 3.41. The van der Waals surface area contributed by atoms with Crippen molar-refractivity contribution in [1.82, 2.24) is 4.98 Å². The molecule has 2 aromatic carbocycles. The molecular weight excluding hydrogens is 440 g/mol. The summed E-state index contributed by atoms with van der Waals surface area (Å²) in [5, 5.41) is 19.2. The molecule has 0 aliphatic carbocycles. The van der Waals surface area contributed by atoms with E-state index in [1.54, 1.807) is 6.92 Å². The number of carboxylic acids is 2. The van der Waals surface area contributed by atoms with Gasteiger partial charge in [-0.1, -0.05) is 41.9 Å². The molecule has 0 aliphatic rings. The number of halogens is 1. The molecule has 166 valence electrons. The van der Waals surface area contributed by atoms with Gasteiger partial charge in [-0.2, -0.15) is 0 Å². The van der Waals surface area contributed by atoms with Crippen LogP contribution in [-0.4, -0.2) is 33.7 Å². The zero-order valence-corrected chi connectivity index (χ0v) is 17.6. The summed E-state index contributed by atoms with van der Waals surface area (Å²) in [5.74, 6) is -3.22. The van der Waals surface area contributed by atoms with Crippen LogP contribution in [0.3, 0.4) is 0 Å². The lowest BCUT2D eigenvalue weighted by molar-refractivity contribution is 0.0695. The highest BCUT2D eigenvalue weighted by Crippen LogP contribution is 2.41. The normalized spacial score (nSPS) is 10.6. The van der Waals surface area contributed by atoms with Gasteiger partial charge in [0.05, 0.1) is 11.6 Å². The largest absolute Gasteiger partial charge is 0.490 e. The van der Waals surface area contributed by atoms with E-state index >= 15 is 0 Å². The van der Waals surface area contributed by atoms with E-state index in [1.807, 2.05) is 30.3 Å². The molecule has 0 atom stereocenters. The Morgan fingerprint density at radius 1 is 1.03 bits per heavy atom. The molecule has 0 saturated heterocycles. The number of aromatic amines is 1. The SMILES string of the molecule is CCOc1cc(-c2c(C(=O)O)c(N)[nH]c(=O)c2C(=O)O)c(Cl)cc1OCc1ccccc1. The van der Waals surface area contributed by atoms with Crippen molar-refractivity contribution in [1.29, 1.82) is 0 Å². The number of aromatic carboxylic acids is 2. The minimum absolute atomic E-state index is 0.0465. The lowest BCUT2D eigenvalue weighted by Gasteiger charge is -2.17. The van der Waals surface area contributed by atoms with Crippen molar-refractivity contribution in [3.8, 4) is 22.6 Å². The number of hydrogen-bond donors (Lipinski definition) is 4. The first-order valence-corrected chi connectivity index (χ1v) is 9.78. The summed E-state index contributed by atoms with van der Waals surface area (Å²) < 4.78 is 11.4. The van der Waals surface area contributed by atoms with Crippen molar-refractivity contribution in [3.05, 3.63) is 74.5 Å². The number of anilines is 1. The van der Waals surface area contributed by atoms with Crippen LogP contribution in [0.2, 0.25) is 5.02 Å². The van der Waals surface area contributed by atoms with Crippen LogP contribution in [0.15, 0.2) is 47.3 Å². The second-order valence-electron chi connectivity index (χ2n) is 6.59. The Labute approximate surface area is 187 Å². The minimum Gasteiger partial charge on any atom is -0.490 e. The zero-order chi connectivity index (χ0) is 23.4. The quantitative estimate of drug-likeness (QED) is 0.399. The Bertz CT molecular complexity index is 1240. The van der Waals surface area contributed by atoms with E-state index in [-0.39, 0.29) is 35.3 Å². The van der Waals surface area contributed by atoms with Crippen molar-refractivity contribution >= 4 is 29.4 Å². The van der Waals surface area contributed by atoms with Crippen molar-refractivity contribution in [2.24, 2.45) is 0 Å². The number of carbonyl (C=O) groups is 2. The molecule has 0 bridgehead atoms. The van der Waals surface area contributed by atoms with E-state index in [2.05, 4.69) is 4.98 Å². The van der Waals surface area contributed by atoms with Crippen LogP contribution in [0.4, 0.5) is 5.82 Å². The van der Waals surface area contributed by atoms with Gasteiger partial charge in [-0.25, -0.2) is 9.59 Å². The summed E-state index contributed by atoms with van der Waals surface area (Å²) in [5.41, 5.74) is 3.65. The number of nitrogens with two attached hydrogens (primary N) is 1. The summed E-state index contributed by atoms with van der Waals surface area (Å²) in [6, 6.07) is 12.0. The summed E-state index contributed by atoms with van der Waals surface area (Å²) in [6.07, 6.45) is 0. The zero-order valence-electron chi connectivity index (χ0n) is 16.8. The molecule has 9 nitrogen and oxygen atoms in total. The maximum Gasteiger partial charge on any atom is 0.342 e. The smallest absolute Gasteiger partial charge is 0.342 e. The molecule has 0 radical (unpaired) electrons. The van der Waals surface area contributed by atoms with Gasteiger partial charge in [-0.3, -0.25) is 4.79 Å². The summed E-state index contributed by atoms with van der Waals surface area (Å²) in [7, 11) is 0.